The highest BCUT2D eigenvalue weighted by atomic mass is 32.1. The number of carbonyl (C=O) groups is 1. The molecule has 0 aromatic carbocycles. The van der Waals surface area contributed by atoms with E-state index in [9.17, 15) is 4.79 Å². The molecule has 15 heavy (non-hydrogen) atoms. The summed E-state index contributed by atoms with van der Waals surface area (Å²) in [5, 5.41) is 5.04. The van der Waals surface area contributed by atoms with Crippen molar-refractivity contribution in [1.82, 2.24) is 5.32 Å². The first kappa shape index (κ1) is 10.7. The highest BCUT2D eigenvalue weighted by Crippen LogP contribution is 2.27. The van der Waals surface area contributed by atoms with Crippen LogP contribution in [-0.2, 0) is 0 Å². The van der Waals surface area contributed by atoms with Gasteiger partial charge in [0.15, 0.2) is 0 Å². The fraction of sp³-hybridized carbons (Fsp3) is 0.583. The van der Waals surface area contributed by atoms with Gasteiger partial charge in [-0.15, -0.1) is 11.3 Å². The summed E-state index contributed by atoms with van der Waals surface area (Å²) in [5.41, 5.74) is 0. The molecule has 0 aliphatic heterocycles. The van der Waals surface area contributed by atoms with Crippen LogP contribution in [0.3, 0.4) is 0 Å². The summed E-state index contributed by atoms with van der Waals surface area (Å²) in [6.45, 7) is 2.13. The van der Waals surface area contributed by atoms with E-state index < -0.39 is 0 Å². The van der Waals surface area contributed by atoms with Gasteiger partial charge in [0.05, 0.1) is 4.88 Å². The largest absolute Gasteiger partial charge is 0.349 e. The van der Waals surface area contributed by atoms with E-state index in [1.807, 2.05) is 17.5 Å². The minimum absolute atomic E-state index is 0.0874. The zero-order chi connectivity index (χ0) is 10.7. The van der Waals surface area contributed by atoms with Crippen molar-refractivity contribution in [3.8, 4) is 0 Å². The lowest BCUT2D eigenvalue weighted by atomic mass is 10.00. The van der Waals surface area contributed by atoms with Crippen LogP contribution in [0.15, 0.2) is 17.5 Å². The molecule has 2 rings (SSSR count). The first-order valence-corrected chi connectivity index (χ1v) is 6.49. The lowest BCUT2D eigenvalue weighted by Crippen LogP contribution is -2.36. The van der Waals surface area contributed by atoms with Crippen LogP contribution < -0.4 is 5.32 Å². The number of thiophene rings is 1. The number of rotatable bonds is 3. The number of hydrogen-bond acceptors (Lipinski definition) is 2. The Morgan fingerprint density at radius 2 is 2.27 bits per heavy atom. The Bertz CT molecular complexity index is 314. The number of amides is 1. The zero-order valence-electron chi connectivity index (χ0n) is 9.03. The predicted octanol–water partition coefficient (Wildman–Crippen LogP) is 3.06. The highest BCUT2D eigenvalue weighted by Gasteiger charge is 2.23. The monoisotopic (exact) mass is 223 g/mol. The Kier molecular flexibility index (Phi) is 3.41. The standard InChI is InChI=1S/C12H17NOS/c1-9(10-5-2-3-6-10)13-12(14)11-7-4-8-15-11/h4,7-10H,2-3,5-6H2,1H3,(H,13,14)/t9-/m0/s1. The Hall–Kier alpha value is -0.830. The molecule has 1 heterocycles. The molecule has 0 unspecified atom stereocenters. The van der Waals surface area contributed by atoms with Crippen molar-refractivity contribution in [1.29, 1.82) is 0 Å². The van der Waals surface area contributed by atoms with Gasteiger partial charge in [-0.05, 0) is 37.1 Å². The van der Waals surface area contributed by atoms with E-state index in [-0.39, 0.29) is 5.91 Å². The summed E-state index contributed by atoms with van der Waals surface area (Å²) in [5.74, 6) is 0.776. The summed E-state index contributed by atoms with van der Waals surface area (Å²) < 4.78 is 0. The average molecular weight is 223 g/mol. The molecule has 3 heteroatoms. The van der Waals surface area contributed by atoms with Gasteiger partial charge >= 0.3 is 0 Å². The van der Waals surface area contributed by atoms with Crippen LogP contribution in [-0.4, -0.2) is 11.9 Å². The fourth-order valence-electron chi connectivity index (χ4n) is 2.26. The zero-order valence-corrected chi connectivity index (χ0v) is 9.85. The van der Waals surface area contributed by atoms with Crippen molar-refractivity contribution in [2.45, 2.75) is 38.6 Å². The van der Waals surface area contributed by atoms with Crippen molar-refractivity contribution >= 4 is 17.2 Å². The Morgan fingerprint density at radius 1 is 1.53 bits per heavy atom. The molecule has 0 spiro atoms. The van der Waals surface area contributed by atoms with Gasteiger partial charge in [0, 0.05) is 6.04 Å². The molecule has 1 aromatic rings. The Balaban J connectivity index is 1.88. The molecule has 1 aliphatic rings. The number of nitrogens with one attached hydrogen (secondary N) is 1. The minimum atomic E-state index is 0.0874. The van der Waals surface area contributed by atoms with Gasteiger partial charge in [-0.25, -0.2) is 0 Å². The van der Waals surface area contributed by atoms with Crippen LogP contribution in [0.5, 0.6) is 0 Å². The van der Waals surface area contributed by atoms with Crippen LogP contribution in [0.4, 0.5) is 0 Å². The third-order valence-corrected chi connectivity index (χ3v) is 4.08. The van der Waals surface area contributed by atoms with Crippen molar-refractivity contribution in [2.75, 3.05) is 0 Å². The van der Waals surface area contributed by atoms with E-state index in [1.165, 1.54) is 37.0 Å². The molecule has 0 radical (unpaired) electrons. The summed E-state index contributed by atoms with van der Waals surface area (Å²) in [4.78, 5) is 12.6. The highest BCUT2D eigenvalue weighted by molar-refractivity contribution is 7.12. The van der Waals surface area contributed by atoms with Crippen molar-refractivity contribution < 1.29 is 4.79 Å². The van der Waals surface area contributed by atoms with Gasteiger partial charge in [-0.1, -0.05) is 18.9 Å². The van der Waals surface area contributed by atoms with Crippen LogP contribution >= 0.6 is 11.3 Å². The molecule has 2 nitrogen and oxygen atoms in total. The predicted molar refractivity (Wildman–Crippen MR) is 63.2 cm³/mol. The first-order chi connectivity index (χ1) is 7.27. The van der Waals surface area contributed by atoms with Crippen LogP contribution in [0.1, 0.15) is 42.3 Å². The maximum absolute atomic E-state index is 11.8. The van der Waals surface area contributed by atoms with Gasteiger partial charge in [0.1, 0.15) is 0 Å². The van der Waals surface area contributed by atoms with Crippen molar-refractivity contribution in [3.05, 3.63) is 22.4 Å². The van der Waals surface area contributed by atoms with Crippen LogP contribution in [0, 0.1) is 5.92 Å². The molecule has 1 fully saturated rings. The maximum atomic E-state index is 11.8. The van der Waals surface area contributed by atoms with Gasteiger partial charge in [-0.2, -0.15) is 0 Å². The second kappa shape index (κ2) is 4.79. The molecule has 1 amide bonds. The third-order valence-electron chi connectivity index (χ3n) is 3.21. The third kappa shape index (κ3) is 2.59. The molecule has 1 aliphatic carbocycles. The minimum Gasteiger partial charge on any atom is -0.349 e. The smallest absolute Gasteiger partial charge is 0.261 e. The van der Waals surface area contributed by atoms with Gasteiger partial charge in [0.25, 0.3) is 5.91 Å². The second-order valence-electron chi connectivity index (χ2n) is 4.28. The van der Waals surface area contributed by atoms with Crippen molar-refractivity contribution in [2.24, 2.45) is 5.92 Å². The Morgan fingerprint density at radius 3 is 2.87 bits per heavy atom. The van der Waals surface area contributed by atoms with Gasteiger partial charge < -0.3 is 5.32 Å². The summed E-state index contributed by atoms with van der Waals surface area (Å²) >= 11 is 1.50. The lowest BCUT2D eigenvalue weighted by molar-refractivity contribution is 0.0931. The topological polar surface area (TPSA) is 29.1 Å². The molecular weight excluding hydrogens is 206 g/mol. The molecule has 1 N–H and O–H groups in total. The SMILES string of the molecule is C[C@H](NC(=O)c1cccs1)C1CCCC1. The lowest BCUT2D eigenvalue weighted by Gasteiger charge is -2.19. The van der Waals surface area contributed by atoms with E-state index in [0.29, 0.717) is 12.0 Å². The normalized spacial score (nSPS) is 19.0. The van der Waals surface area contributed by atoms with E-state index >= 15 is 0 Å². The summed E-state index contributed by atoms with van der Waals surface area (Å²) in [6.07, 6.45) is 5.19. The second-order valence-corrected chi connectivity index (χ2v) is 5.23. The molecule has 1 aromatic heterocycles. The summed E-state index contributed by atoms with van der Waals surface area (Å²) in [7, 11) is 0. The first-order valence-electron chi connectivity index (χ1n) is 5.62. The van der Waals surface area contributed by atoms with Crippen LogP contribution in [0.25, 0.3) is 0 Å². The number of carbonyl (C=O) groups excluding carboxylic acids is 1. The number of hydrogen-bond donors (Lipinski definition) is 1. The van der Waals surface area contributed by atoms with Crippen molar-refractivity contribution in [3.63, 3.8) is 0 Å². The Labute approximate surface area is 94.7 Å². The van der Waals surface area contributed by atoms with E-state index in [4.69, 9.17) is 0 Å². The summed E-state index contributed by atoms with van der Waals surface area (Å²) in [6, 6.07) is 4.11. The van der Waals surface area contributed by atoms with E-state index in [2.05, 4.69) is 12.2 Å². The molecule has 0 bridgehead atoms. The molecule has 0 saturated heterocycles. The average Bonchev–Trinajstić information content (AvgIpc) is 2.91. The van der Waals surface area contributed by atoms with Gasteiger partial charge in [0.2, 0.25) is 0 Å². The molecule has 1 atom stereocenters. The molecule has 82 valence electrons. The van der Waals surface area contributed by atoms with E-state index in [0.717, 1.165) is 4.88 Å². The quantitative estimate of drug-likeness (QED) is 0.838. The van der Waals surface area contributed by atoms with E-state index in [1.54, 1.807) is 0 Å². The van der Waals surface area contributed by atoms with Gasteiger partial charge in [-0.3, -0.25) is 4.79 Å². The maximum Gasteiger partial charge on any atom is 0.261 e. The molecule has 1 saturated carbocycles. The fourth-order valence-corrected chi connectivity index (χ4v) is 2.89. The van der Waals surface area contributed by atoms with Crippen LogP contribution in [0.2, 0.25) is 0 Å². The molecular formula is C12H17NOS.